The van der Waals surface area contributed by atoms with E-state index < -0.39 is 12.1 Å². The Labute approximate surface area is 170 Å². The zero-order valence-electron chi connectivity index (χ0n) is 16.8. The largest absolute Gasteiger partial charge is 0.349 e. The molecular weight excluding hydrogens is 366 g/mol. The summed E-state index contributed by atoms with van der Waals surface area (Å²) in [5, 5.41) is 12.9. The Morgan fingerprint density at radius 3 is 2.24 bits per heavy atom. The number of nitrogens with one attached hydrogen (secondary N) is 3. The second-order valence-corrected chi connectivity index (χ2v) is 7.06. The predicted octanol–water partition coefficient (Wildman–Crippen LogP) is 2.89. The summed E-state index contributed by atoms with van der Waals surface area (Å²) in [6.45, 7) is 5.25. The zero-order valence-corrected chi connectivity index (χ0v) is 16.8. The van der Waals surface area contributed by atoms with Crippen molar-refractivity contribution in [3.63, 3.8) is 0 Å². The predicted molar refractivity (Wildman–Crippen MR) is 110 cm³/mol. The summed E-state index contributed by atoms with van der Waals surface area (Å²) in [4.78, 5) is 29.0. The Kier molecular flexibility index (Phi) is 6.39. The Hall–Kier alpha value is -3.48. The van der Waals surface area contributed by atoms with Crippen LogP contribution in [0.2, 0.25) is 0 Å². The van der Waals surface area contributed by atoms with Gasteiger partial charge in [0.25, 0.3) is 0 Å². The number of hydrogen-bond acceptors (Lipinski definition) is 4. The lowest BCUT2D eigenvalue weighted by Gasteiger charge is -2.21. The van der Waals surface area contributed by atoms with Gasteiger partial charge in [0.15, 0.2) is 5.82 Å². The highest BCUT2D eigenvalue weighted by Gasteiger charge is 2.23. The number of rotatable bonds is 7. The molecule has 0 aliphatic carbocycles. The number of nitrogens with zero attached hydrogens (tertiary/aromatic N) is 2. The van der Waals surface area contributed by atoms with Gasteiger partial charge in [-0.05, 0) is 25.0 Å². The SMILES string of the molecule is CC(=O)N[C@H](CC(=O)N[C@H](c1ccccc1)c1n[nH]c(C)n1)c1ccc(C)cc1. The second kappa shape index (κ2) is 9.14. The normalized spacial score (nSPS) is 12.8. The van der Waals surface area contributed by atoms with E-state index >= 15 is 0 Å². The maximum atomic E-state index is 12.9. The van der Waals surface area contributed by atoms with Gasteiger partial charge < -0.3 is 10.6 Å². The van der Waals surface area contributed by atoms with Crippen molar-refractivity contribution in [3.8, 4) is 0 Å². The average molecular weight is 391 g/mol. The molecule has 2 aromatic carbocycles. The fraction of sp³-hybridized carbons (Fsp3) is 0.273. The molecule has 3 aromatic rings. The van der Waals surface area contributed by atoms with E-state index in [0.29, 0.717) is 11.6 Å². The van der Waals surface area contributed by atoms with E-state index in [1.54, 1.807) is 0 Å². The lowest BCUT2D eigenvalue weighted by molar-refractivity contribution is -0.123. The van der Waals surface area contributed by atoms with Gasteiger partial charge in [0, 0.05) is 6.92 Å². The molecule has 0 aliphatic rings. The quantitative estimate of drug-likeness (QED) is 0.577. The highest BCUT2D eigenvalue weighted by molar-refractivity contribution is 5.79. The number of amides is 2. The Bertz CT molecular complexity index is 966. The van der Waals surface area contributed by atoms with E-state index in [0.717, 1.165) is 16.7 Å². The van der Waals surface area contributed by atoms with Gasteiger partial charge in [-0.2, -0.15) is 5.10 Å². The van der Waals surface area contributed by atoms with Gasteiger partial charge in [-0.25, -0.2) is 4.98 Å². The van der Waals surface area contributed by atoms with Crippen molar-refractivity contribution in [2.45, 2.75) is 39.3 Å². The maximum Gasteiger partial charge on any atom is 0.223 e. The molecule has 2 amide bonds. The van der Waals surface area contributed by atoms with Gasteiger partial charge in [-0.1, -0.05) is 60.2 Å². The molecule has 0 bridgehead atoms. The molecule has 1 aromatic heterocycles. The first-order valence-electron chi connectivity index (χ1n) is 9.49. The van der Waals surface area contributed by atoms with Gasteiger partial charge in [0.05, 0.1) is 12.5 Å². The maximum absolute atomic E-state index is 12.9. The Balaban J connectivity index is 1.80. The third-order valence-electron chi connectivity index (χ3n) is 4.56. The summed E-state index contributed by atoms with van der Waals surface area (Å²) in [5.74, 6) is 0.771. The summed E-state index contributed by atoms with van der Waals surface area (Å²) >= 11 is 0. The number of H-pyrrole nitrogens is 1. The van der Waals surface area contributed by atoms with Crippen LogP contribution in [0.1, 0.15) is 53.8 Å². The average Bonchev–Trinajstić information content (AvgIpc) is 3.12. The minimum atomic E-state index is -0.482. The Morgan fingerprint density at radius 2 is 1.66 bits per heavy atom. The van der Waals surface area contributed by atoms with Crippen LogP contribution < -0.4 is 10.6 Å². The standard InChI is InChI=1S/C22H25N5O2/c1-14-9-11-17(12-10-14)19(24-16(3)28)13-20(29)25-21(18-7-5-4-6-8-18)22-23-15(2)26-27-22/h4-12,19,21H,13H2,1-3H3,(H,24,28)(H,25,29)(H,23,26,27)/t19-,21-/m1/s1. The topological polar surface area (TPSA) is 99.8 Å². The van der Waals surface area contributed by atoms with Crippen LogP contribution in [0.25, 0.3) is 0 Å². The van der Waals surface area contributed by atoms with Gasteiger partial charge in [0.2, 0.25) is 11.8 Å². The number of aromatic amines is 1. The zero-order chi connectivity index (χ0) is 20.8. The van der Waals surface area contributed by atoms with Crippen LogP contribution in [0.3, 0.4) is 0 Å². The van der Waals surface area contributed by atoms with Crippen LogP contribution in [-0.2, 0) is 9.59 Å². The fourth-order valence-electron chi connectivity index (χ4n) is 3.13. The lowest BCUT2D eigenvalue weighted by Crippen LogP contribution is -2.35. The number of carbonyl (C=O) groups is 2. The minimum absolute atomic E-state index is 0.107. The Morgan fingerprint density at radius 1 is 0.966 bits per heavy atom. The van der Waals surface area contributed by atoms with Crippen LogP contribution in [0.5, 0.6) is 0 Å². The van der Waals surface area contributed by atoms with Crippen molar-refractivity contribution in [2.24, 2.45) is 0 Å². The molecule has 1 heterocycles. The smallest absolute Gasteiger partial charge is 0.223 e. The number of hydrogen-bond donors (Lipinski definition) is 3. The molecule has 3 rings (SSSR count). The van der Waals surface area contributed by atoms with Crippen molar-refractivity contribution in [1.29, 1.82) is 0 Å². The van der Waals surface area contributed by atoms with E-state index in [1.165, 1.54) is 6.92 Å². The van der Waals surface area contributed by atoms with Crippen molar-refractivity contribution < 1.29 is 9.59 Å². The molecule has 7 heteroatoms. The molecular formula is C22H25N5O2. The summed E-state index contributed by atoms with van der Waals surface area (Å²) in [6.07, 6.45) is 0.107. The van der Waals surface area contributed by atoms with Gasteiger partial charge in [-0.15, -0.1) is 0 Å². The highest BCUT2D eigenvalue weighted by atomic mass is 16.2. The van der Waals surface area contributed by atoms with Crippen LogP contribution in [-0.4, -0.2) is 27.0 Å². The third-order valence-corrected chi connectivity index (χ3v) is 4.56. The molecule has 0 fully saturated rings. The first-order chi connectivity index (χ1) is 13.9. The van der Waals surface area contributed by atoms with Crippen molar-refractivity contribution in [1.82, 2.24) is 25.8 Å². The van der Waals surface area contributed by atoms with Crippen LogP contribution in [0, 0.1) is 13.8 Å². The van der Waals surface area contributed by atoms with E-state index in [4.69, 9.17) is 0 Å². The number of aryl methyl sites for hydroxylation is 2. The van der Waals surface area contributed by atoms with E-state index in [1.807, 2.05) is 68.4 Å². The molecule has 3 N–H and O–H groups in total. The van der Waals surface area contributed by atoms with E-state index in [9.17, 15) is 9.59 Å². The molecule has 0 spiro atoms. The summed E-state index contributed by atoms with van der Waals surface area (Å²) < 4.78 is 0. The summed E-state index contributed by atoms with van der Waals surface area (Å²) in [6, 6.07) is 16.4. The van der Waals surface area contributed by atoms with Crippen molar-refractivity contribution in [3.05, 3.63) is 82.9 Å². The molecule has 2 atom stereocenters. The molecule has 29 heavy (non-hydrogen) atoms. The number of benzene rings is 2. The molecule has 7 nitrogen and oxygen atoms in total. The van der Waals surface area contributed by atoms with E-state index in [-0.39, 0.29) is 18.2 Å². The van der Waals surface area contributed by atoms with Gasteiger partial charge >= 0.3 is 0 Å². The minimum Gasteiger partial charge on any atom is -0.349 e. The van der Waals surface area contributed by atoms with E-state index in [2.05, 4.69) is 25.8 Å². The van der Waals surface area contributed by atoms with Crippen LogP contribution >= 0.6 is 0 Å². The molecule has 0 unspecified atom stereocenters. The first kappa shape index (κ1) is 20.3. The van der Waals surface area contributed by atoms with Crippen LogP contribution in [0.4, 0.5) is 0 Å². The molecule has 0 saturated heterocycles. The molecule has 0 aliphatic heterocycles. The molecule has 150 valence electrons. The lowest BCUT2D eigenvalue weighted by atomic mass is 10.0. The number of carbonyl (C=O) groups excluding carboxylic acids is 2. The van der Waals surface area contributed by atoms with Gasteiger partial charge in [0.1, 0.15) is 11.9 Å². The fourth-order valence-corrected chi connectivity index (χ4v) is 3.13. The highest BCUT2D eigenvalue weighted by Crippen LogP contribution is 2.22. The summed E-state index contributed by atoms with van der Waals surface area (Å²) in [7, 11) is 0. The first-order valence-corrected chi connectivity index (χ1v) is 9.49. The van der Waals surface area contributed by atoms with Gasteiger partial charge in [-0.3, -0.25) is 14.7 Å². The number of aromatic nitrogens is 3. The van der Waals surface area contributed by atoms with Crippen molar-refractivity contribution in [2.75, 3.05) is 0 Å². The monoisotopic (exact) mass is 391 g/mol. The molecule has 0 radical (unpaired) electrons. The van der Waals surface area contributed by atoms with Crippen molar-refractivity contribution >= 4 is 11.8 Å². The summed E-state index contributed by atoms with van der Waals surface area (Å²) in [5.41, 5.74) is 2.88. The van der Waals surface area contributed by atoms with Crippen LogP contribution in [0.15, 0.2) is 54.6 Å². The third kappa shape index (κ3) is 5.51. The molecule has 0 saturated carbocycles. The second-order valence-electron chi connectivity index (χ2n) is 7.06.